The zero-order chi connectivity index (χ0) is 30.0. The van der Waals surface area contributed by atoms with Crippen molar-refractivity contribution in [3.8, 4) is 0 Å². The van der Waals surface area contributed by atoms with Crippen LogP contribution in [0.25, 0.3) is 0 Å². The lowest BCUT2D eigenvalue weighted by Gasteiger charge is -2.25. The Bertz CT molecular complexity index is 632. The summed E-state index contributed by atoms with van der Waals surface area (Å²) in [6, 6.07) is 0. The number of nitrogens with one attached hydrogen (secondary N) is 1. The van der Waals surface area contributed by atoms with Gasteiger partial charge in [-0.3, -0.25) is 9.05 Å². The fourth-order valence-electron chi connectivity index (χ4n) is 4.37. The molecule has 0 aromatic heterocycles. The summed E-state index contributed by atoms with van der Waals surface area (Å²) in [7, 11) is 2.86. The minimum absolute atomic E-state index is 0.0188. The van der Waals surface area contributed by atoms with Crippen LogP contribution in [0.1, 0.15) is 122 Å². The Hall–Kier alpha value is -0.700. The van der Waals surface area contributed by atoms with Gasteiger partial charge < -0.3 is 24.2 Å². The van der Waals surface area contributed by atoms with Crippen LogP contribution in [0.5, 0.6) is 0 Å². The summed E-state index contributed by atoms with van der Waals surface area (Å²) < 4.78 is 33.6. The number of quaternary nitrogens is 1. The van der Waals surface area contributed by atoms with Crippen LogP contribution in [-0.4, -0.2) is 82.7 Å². The number of phosphoric acid groups is 1. The second-order valence-electron chi connectivity index (χ2n) is 12.0. The number of nitrogens with zero attached hydrogens (tertiary/aromatic N) is 1. The summed E-state index contributed by atoms with van der Waals surface area (Å²) in [4.78, 5) is 21.5. The van der Waals surface area contributed by atoms with Crippen LogP contribution in [0.4, 0.5) is 4.79 Å². The highest BCUT2D eigenvalue weighted by Crippen LogP contribution is 2.44. The predicted octanol–water partition coefficient (Wildman–Crippen LogP) is 7.61. The first-order valence-electron chi connectivity index (χ1n) is 16.0. The first kappa shape index (κ1) is 39.3. The van der Waals surface area contributed by atoms with Gasteiger partial charge in [-0.25, -0.2) is 9.36 Å². The number of hydrogen-bond donors (Lipinski definition) is 2. The molecule has 240 valence electrons. The third-order valence-electron chi connectivity index (χ3n) is 6.90. The molecular formula is C30H64N2O7P+. The van der Waals surface area contributed by atoms with Gasteiger partial charge in [-0.05, 0) is 6.42 Å². The fourth-order valence-corrected chi connectivity index (χ4v) is 5.25. The maximum absolute atomic E-state index is 12.3. The highest BCUT2D eigenvalue weighted by molar-refractivity contribution is 7.47. The van der Waals surface area contributed by atoms with E-state index in [4.69, 9.17) is 13.8 Å². The van der Waals surface area contributed by atoms with Gasteiger partial charge in [0.2, 0.25) is 0 Å². The van der Waals surface area contributed by atoms with E-state index in [2.05, 4.69) is 17.0 Å². The van der Waals surface area contributed by atoms with Crippen molar-refractivity contribution in [2.75, 3.05) is 61.2 Å². The highest BCUT2D eigenvalue weighted by Gasteiger charge is 2.28. The number of likely N-dealkylation sites (N-methyl/N-ethyl adjacent to an activating group) is 1. The molecule has 0 rings (SSSR count). The first-order valence-corrected chi connectivity index (χ1v) is 17.4. The van der Waals surface area contributed by atoms with Gasteiger partial charge in [0, 0.05) is 6.61 Å². The van der Waals surface area contributed by atoms with Gasteiger partial charge in [0.15, 0.2) is 0 Å². The molecule has 9 nitrogen and oxygen atoms in total. The number of phosphoric ester groups is 1. The summed E-state index contributed by atoms with van der Waals surface area (Å²) in [5, 5.41) is 2.49. The Labute approximate surface area is 246 Å². The van der Waals surface area contributed by atoms with Gasteiger partial charge in [0.25, 0.3) is 0 Å². The number of rotatable bonds is 29. The monoisotopic (exact) mass is 595 g/mol. The predicted molar refractivity (Wildman–Crippen MR) is 164 cm³/mol. The average molecular weight is 596 g/mol. The van der Waals surface area contributed by atoms with E-state index in [0.29, 0.717) is 17.6 Å². The Balaban J connectivity index is 3.80. The minimum Gasteiger partial charge on any atom is -0.453 e. The van der Waals surface area contributed by atoms with Crippen LogP contribution in [0.15, 0.2) is 0 Å². The number of carbonyl (C=O) groups excluding carboxylic acids is 1. The van der Waals surface area contributed by atoms with Gasteiger partial charge in [-0.15, -0.1) is 0 Å². The molecule has 0 aromatic rings. The molecule has 0 saturated heterocycles. The molecule has 2 atom stereocenters. The molecule has 0 aliphatic rings. The number of ether oxygens (including phenoxy) is 2. The largest absolute Gasteiger partial charge is 0.472 e. The lowest BCUT2D eigenvalue weighted by atomic mass is 10.0. The molecule has 0 bridgehead atoms. The van der Waals surface area contributed by atoms with Gasteiger partial charge in [0.05, 0.1) is 41.4 Å². The SMILES string of the molecule is CCCCCCCCCCCCCCCCCCCCOCC(CNC(=O)OC)OP(=O)(O)OCC[N+](C)(C)C. The molecular weight excluding hydrogens is 531 g/mol. The van der Waals surface area contributed by atoms with Crippen molar-refractivity contribution in [1.29, 1.82) is 0 Å². The number of hydrogen-bond acceptors (Lipinski definition) is 6. The Kier molecular flexibility index (Phi) is 25.5. The second kappa shape index (κ2) is 26.0. The van der Waals surface area contributed by atoms with Crippen molar-refractivity contribution >= 4 is 13.9 Å². The van der Waals surface area contributed by atoms with E-state index >= 15 is 0 Å². The number of unbranched alkanes of at least 4 members (excludes halogenated alkanes) is 17. The van der Waals surface area contributed by atoms with Crippen LogP contribution in [0.2, 0.25) is 0 Å². The van der Waals surface area contributed by atoms with E-state index in [-0.39, 0.29) is 19.8 Å². The average Bonchev–Trinajstić information content (AvgIpc) is 2.89. The van der Waals surface area contributed by atoms with E-state index in [0.717, 1.165) is 12.8 Å². The Morgan fingerprint density at radius 1 is 0.775 bits per heavy atom. The lowest BCUT2D eigenvalue weighted by Crippen LogP contribution is -2.38. The molecule has 0 aliphatic carbocycles. The summed E-state index contributed by atoms with van der Waals surface area (Å²) in [6.45, 7) is 3.50. The van der Waals surface area contributed by atoms with Crippen molar-refractivity contribution in [2.24, 2.45) is 0 Å². The van der Waals surface area contributed by atoms with Crippen LogP contribution in [0.3, 0.4) is 0 Å². The van der Waals surface area contributed by atoms with Crippen molar-refractivity contribution in [2.45, 2.75) is 129 Å². The molecule has 0 saturated carbocycles. The standard InChI is InChI=1S/C30H63N2O7P/c1-6-7-8-9-10-11-12-13-14-15-16-17-18-19-20-21-22-23-25-37-28-29(27-31-30(33)36-5)39-40(34,35)38-26-24-32(2,3)4/h29H,6-28H2,1-5H3,(H-,31,33,34,35)/p+1. The molecule has 0 spiro atoms. The maximum Gasteiger partial charge on any atom is 0.472 e. The number of carbonyl (C=O) groups is 1. The normalized spacial score (nSPS) is 14.2. The molecule has 0 fully saturated rings. The molecule has 1 amide bonds. The molecule has 2 N–H and O–H groups in total. The van der Waals surface area contributed by atoms with Gasteiger partial charge in [-0.2, -0.15) is 0 Å². The van der Waals surface area contributed by atoms with Crippen molar-refractivity contribution in [3.05, 3.63) is 0 Å². The van der Waals surface area contributed by atoms with Crippen LogP contribution in [0, 0.1) is 0 Å². The summed E-state index contributed by atoms with van der Waals surface area (Å²) in [5.41, 5.74) is 0. The van der Waals surface area contributed by atoms with Gasteiger partial charge in [0.1, 0.15) is 19.3 Å². The lowest BCUT2D eigenvalue weighted by molar-refractivity contribution is -0.870. The topological polar surface area (TPSA) is 103 Å². The molecule has 0 aliphatic heterocycles. The summed E-state index contributed by atoms with van der Waals surface area (Å²) in [6.07, 6.45) is 22.4. The molecule has 2 unspecified atom stereocenters. The minimum atomic E-state index is -4.28. The van der Waals surface area contributed by atoms with Gasteiger partial charge in [-0.1, -0.05) is 116 Å². The first-order chi connectivity index (χ1) is 19.1. The summed E-state index contributed by atoms with van der Waals surface area (Å²) in [5.74, 6) is 0. The van der Waals surface area contributed by atoms with Crippen LogP contribution >= 0.6 is 7.82 Å². The molecule has 40 heavy (non-hydrogen) atoms. The number of amides is 1. The Morgan fingerprint density at radius 3 is 1.65 bits per heavy atom. The van der Waals surface area contributed by atoms with Gasteiger partial charge >= 0.3 is 13.9 Å². The molecule has 0 heterocycles. The highest BCUT2D eigenvalue weighted by atomic mass is 31.2. The van der Waals surface area contributed by atoms with Crippen molar-refractivity contribution in [3.63, 3.8) is 0 Å². The quantitative estimate of drug-likeness (QED) is 0.0521. The zero-order valence-corrected chi connectivity index (χ0v) is 27.5. The van der Waals surface area contributed by atoms with E-state index in [1.807, 2.05) is 21.1 Å². The Morgan fingerprint density at radius 2 is 1.23 bits per heavy atom. The fraction of sp³-hybridized carbons (Fsp3) is 0.967. The third kappa shape index (κ3) is 28.8. The van der Waals surface area contributed by atoms with E-state index in [9.17, 15) is 14.3 Å². The number of alkyl carbamates (subject to hydrolysis) is 1. The third-order valence-corrected chi connectivity index (χ3v) is 7.98. The smallest absolute Gasteiger partial charge is 0.453 e. The zero-order valence-electron chi connectivity index (χ0n) is 26.6. The van der Waals surface area contributed by atoms with Crippen LogP contribution in [-0.2, 0) is 23.1 Å². The summed E-state index contributed by atoms with van der Waals surface area (Å²) >= 11 is 0. The maximum atomic E-state index is 12.3. The second-order valence-corrected chi connectivity index (χ2v) is 13.4. The molecule has 0 radical (unpaired) electrons. The molecule has 0 aromatic carbocycles. The van der Waals surface area contributed by atoms with Crippen molar-refractivity contribution < 1.29 is 37.3 Å². The van der Waals surface area contributed by atoms with Crippen LogP contribution < -0.4 is 5.32 Å². The van der Waals surface area contributed by atoms with Crippen molar-refractivity contribution in [1.82, 2.24) is 5.32 Å². The molecule has 10 heteroatoms. The van der Waals surface area contributed by atoms with E-state index in [1.54, 1.807) is 0 Å². The van der Waals surface area contributed by atoms with E-state index in [1.165, 1.54) is 110 Å². The van der Waals surface area contributed by atoms with E-state index < -0.39 is 20.0 Å². The number of methoxy groups -OCH3 is 1.